The number of nitrogens with two attached hydrogens (primary N) is 1. The van der Waals surface area contributed by atoms with Crippen LogP contribution in [0.1, 0.15) is 41.5 Å². The van der Waals surface area contributed by atoms with Crippen molar-refractivity contribution in [2.45, 2.75) is 64.5 Å². The Kier molecular flexibility index (Phi) is 6.50. The van der Waals surface area contributed by atoms with Crippen LogP contribution < -0.4 is 17.0 Å². The van der Waals surface area contributed by atoms with Crippen LogP contribution in [-0.4, -0.2) is 35.8 Å². The highest BCUT2D eigenvalue weighted by molar-refractivity contribution is 8.00. The molecule has 2 heterocycles. The average Bonchev–Trinajstić information content (AvgIpc) is 2.98. The number of nitrogens with zero attached hydrogens (tertiary/aromatic N) is 4. The monoisotopic (exact) mass is 419 g/mol. The number of ketones is 1. The van der Waals surface area contributed by atoms with Crippen LogP contribution >= 0.6 is 11.8 Å². The minimum atomic E-state index is -0.667. The van der Waals surface area contributed by atoms with Crippen molar-refractivity contribution in [3.63, 3.8) is 0 Å². The van der Waals surface area contributed by atoms with Crippen LogP contribution in [0.15, 0.2) is 14.7 Å². The number of hydrogen-bond donors (Lipinski definition) is 1. The summed E-state index contributed by atoms with van der Waals surface area (Å²) in [6.45, 7) is 11.3. The maximum absolute atomic E-state index is 13.3. The van der Waals surface area contributed by atoms with Gasteiger partial charge in [0.1, 0.15) is 0 Å². The molecule has 2 aromatic heterocycles. The third kappa shape index (κ3) is 4.65. The van der Waals surface area contributed by atoms with Crippen molar-refractivity contribution in [2.75, 3.05) is 6.54 Å². The van der Waals surface area contributed by atoms with Gasteiger partial charge >= 0.3 is 5.69 Å². The van der Waals surface area contributed by atoms with Gasteiger partial charge in [-0.05, 0) is 20.8 Å². The van der Waals surface area contributed by atoms with Gasteiger partial charge in [0.25, 0.3) is 5.56 Å². The Morgan fingerprint density at radius 1 is 1.17 bits per heavy atom. The van der Waals surface area contributed by atoms with Gasteiger partial charge in [0, 0.05) is 23.8 Å². The molecule has 0 saturated carbocycles. The summed E-state index contributed by atoms with van der Waals surface area (Å²) in [6, 6.07) is 0. The molecule has 29 heavy (non-hydrogen) atoms. The van der Waals surface area contributed by atoms with Crippen molar-refractivity contribution < 1.29 is 4.79 Å². The molecule has 0 aliphatic carbocycles. The minimum absolute atomic E-state index is 0.200. The molecule has 0 aromatic carbocycles. The molecule has 2 aromatic rings. The van der Waals surface area contributed by atoms with Gasteiger partial charge in [-0.15, -0.1) is 5.92 Å². The summed E-state index contributed by atoms with van der Waals surface area (Å²) in [5, 5.41) is 0.560. The first-order valence-electron chi connectivity index (χ1n) is 9.36. The minimum Gasteiger partial charge on any atom is -0.329 e. The van der Waals surface area contributed by atoms with Crippen LogP contribution in [0, 0.1) is 17.3 Å². The SMILES string of the molecule is CC#CCn1c(SC(C)(C)CN)nc2c1c(=O)n(CC(=O)C(C)(C)C)c(=O)n2C. The highest BCUT2D eigenvalue weighted by Gasteiger charge is 2.27. The van der Waals surface area contributed by atoms with Crippen LogP contribution in [0.3, 0.4) is 0 Å². The van der Waals surface area contributed by atoms with E-state index in [1.807, 2.05) is 13.8 Å². The number of rotatable bonds is 6. The van der Waals surface area contributed by atoms with Gasteiger partial charge in [-0.2, -0.15) is 0 Å². The van der Waals surface area contributed by atoms with E-state index in [9.17, 15) is 14.4 Å². The van der Waals surface area contributed by atoms with Crippen LogP contribution in [-0.2, 0) is 24.9 Å². The van der Waals surface area contributed by atoms with E-state index < -0.39 is 16.7 Å². The summed E-state index contributed by atoms with van der Waals surface area (Å²) in [7, 11) is 1.55. The summed E-state index contributed by atoms with van der Waals surface area (Å²) in [5.41, 5.74) is 4.61. The Labute approximate surface area is 174 Å². The van der Waals surface area contributed by atoms with Crippen molar-refractivity contribution >= 4 is 28.7 Å². The quantitative estimate of drug-likeness (QED) is 0.560. The van der Waals surface area contributed by atoms with Gasteiger partial charge in [0.15, 0.2) is 22.1 Å². The zero-order chi connectivity index (χ0) is 22.1. The molecular weight excluding hydrogens is 390 g/mol. The summed E-state index contributed by atoms with van der Waals surface area (Å²) in [6.07, 6.45) is 0. The topological polar surface area (TPSA) is 105 Å². The largest absolute Gasteiger partial charge is 0.332 e. The normalized spacial score (nSPS) is 12.1. The Morgan fingerprint density at radius 2 is 1.79 bits per heavy atom. The van der Waals surface area contributed by atoms with Crippen LogP contribution in [0.25, 0.3) is 11.2 Å². The molecule has 0 radical (unpaired) electrons. The molecule has 0 aliphatic heterocycles. The van der Waals surface area contributed by atoms with E-state index in [-0.39, 0.29) is 34.8 Å². The zero-order valence-corrected chi connectivity index (χ0v) is 18.9. The molecule has 0 aliphatic rings. The molecule has 8 nitrogen and oxygen atoms in total. The van der Waals surface area contributed by atoms with Crippen LogP contribution in [0.4, 0.5) is 0 Å². The lowest BCUT2D eigenvalue weighted by atomic mass is 9.91. The number of thioether (sulfide) groups is 1. The third-order valence-corrected chi connectivity index (χ3v) is 5.82. The maximum atomic E-state index is 13.3. The van der Waals surface area contributed by atoms with Gasteiger partial charge in [-0.3, -0.25) is 18.7 Å². The molecule has 2 rings (SSSR count). The molecule has 0 unspecified atom stereocenters. The summed E-state index contributed by atoms with van der Waals surface area (Å²) in [4.78, 5) is 43.1. The summed E-state index contributed by atoms with van der Waals surface area (Å²) >= 11 is 1.42. The maximum Gasteiger partial charge on any atom is 0.332 e. The lowest BCUT2D eigenvalue weighted by molar-refractivity contribution is -0.127. The first-order valence-corrected chi connectivity index (χ1v) is 10.2. The number of aromatic nitrogens is 4. The fourth-order valence-electron chi connectivity index (χ4n) is 2.54. The van der Waals surface area contributed by atoms with Crippen molar-refractivity contribution in [3.8, 4) is 11.8 Å². The van der Waals surface area contributed by atoms with E-state index in [0.29, 0.717) is 11.7 Å². The summed E-state index contributed by atoms with van der Waals surface area (Å²) < 4.78 is 3.67. The Bertz CT molecular complexity index is 1120. The fraction of sp³-hybridized carbons (Fsp3) is 0.600. The van der Waals surface area contributed by atoms with E-state index >= 15 is 0 Å². The van der Waals surface area contributed by atoms with E-state index in [2.05, 4.69) is 16.8 Å². The lowest BCUT2D eigenvalue weighted by Gasteiger charge is -2.21. The van der Waals surface area contributed by atoms with Crippen molar-refractivity contribution in [3.05, 3.63) is 20.8 Å². The van der Waals surface area contributed by atoms with Crippen molar-refractivity contribution in [2.24, 2.45) is 18.2 Å². The second kappa shape index (κ2) is 8.20. The highest BCUT2D eigenvalue weighted by atomic mass is 32.2. The predicted molar refractivity (Wildman–Crippen MR) is 116 cm³/mol. The number of aryl methyl sites for hydroxylation is 1. The van der Waals surface area contributed by atoms with Crippen molar-refractivity contribution in [1.82, 2.24) is 18.7 Å². The lowest BCUT2D eigenvalue weighted by Crippen LogP contribution is -2.43. The first kappa shape index (κ1) is 23.0. The number of carbonyl (C=O) groups is 1. The molecule has 0 fully saturated rings. The average molecular weight is 420 g/mol. The molecule has 9 heteroatoms. The zero-order valence-electron chi connectivity index (χ0n) is 18.1. The fourth-order valence-corrected chi connectivity index (χ4v) is 3.52. The van der Waals surface area contributed by atoms with Gasteiger partial charge < -0.3 is 10.3 Å². The second-order valence-corrected chi connectivity index (χ2v) is 10.2. The summed E-state index contributed by atoms with van der Waals surface area (Å²) in [5.74, 6) is 5.58. The van der Waals surface area contributed by atoms with Gasteiger partial charge in [0.05, 0.1) is 13.1 Å². The smallest absolute Gasteiger partial charge is 0.329 e. The number of Topliss-reactive ketones (excluding diaryl/α,β-unsaturated/α-hetero) is 1. The Morgan fingerprint density at radius 3 is 2.31 bits per heavy atom. The van der Waals surface area contributed by atoms with E-state index in [1.165, 1.54) is 16.3 Å². The van der Waals surface area contributed by atoms with E-state index in [1.54, 1.807) is 39.3 Å². The Balaban J connectivity index is 2.82. The number of carbonyl (C=O) groups excluding carboxylic acids is 1. The Hall–Kier alpha value is -2.31. The third-order valence-electron chi connectivity index (χ3n) is 4.61. The molecule has 0 bridgehead atoms. The van der Waals surface area contributed by atoms with Gasteiger partial charge in [-0.25, -0.2) is 9.78 Å². The van der Waals surface area contributed by atoms with Crippen molar-refractivity contribution in [1.29, 1.82) is 0 Å². The molecule has 158 valence electrons. The molecule has 0 atom stereocenters. The second-order valence-electron chi connectivity index (χ2n) is 8.55. The number of imidazole rings is 1. The molecule has 0 amide bonds. The predicted octanol–water partition coefficient (Wildman–Crippen LogP) is 1.36. The molecule has 0 saturated heterocycles. The number of hydrogen-bond acceptors (Lipinski definition) is 6. The molecule has 2 N–H and O–H groups in total. The van der Waals surface area contributed by atoms with E-state index in [4.69, 9.17) is 5.73 Å². The van der Waals surface area contributed by atoms with Crippen LogP contribution in [0.2, 0.25) is 0 Å². The molecule has 0 spiro atoms. The standard InChI is InChI=1S/C20H29N5O3S/c1-8-9-10-24-14-15(22-17(24)29-20(5,6)12-21)23(7)18(28)25(16(14)27)11-13(26)19(2,3)4/h10-12,21H2,1-7H3. The highest BCUT2D eigenvalue weighted by Crippen LogP contribution is 2.32. The first-order chi connectivity index (χ1) is 13.3. The van der Waals surface area contributed by atoms with Gasteiger partial charge in [-0.1, -0.05) is 38.5 Å². The molecular formula is C20H29N5O3S. The van der Waals surface area contributed by atoms with Crippen LogP contribution in [0.5, 0.6) is 0 Å². The van der Waals surface area contributed by atoms with E-state index in [0.717, 1.165) is 4.57 Å². The van der Waals surface area contributed by atoms with Gasteiger partial charge in [0.2, 0.25) is 0 Å². The number of fused-ring (bicyclic) bond motifs is 1.